The number of ketones is 1. The molecule has 0 radical (unpaired) electrons. The third kappa shape index (κ3) is 3.24. The molecule has 0 atom stereocenters. The molecule has 23 heavy (non-hydrogen) atoms. The summed E-state index contributed by atoms with van der Waals surface area (Å²) in [7, 11) is 4.43. The number of rotatable bonds is 5. The molecule has 0 unspecified atom stereocenters. The van der Waals surface area contributed by atoms with Crippen LogP contribution in [0.2, 0.25) is 0 Å². The molecule has 0 saturated heterocycles. The zero-order chi connectivity index (χ0) is 17.3. The van der Waals surface area contributed by atoms with Gasteiger partial charge >= 0.3 is 5.69 Å². The van der Waals surface area contributed by atoms with E-state index < -0.39 is 17.0 Å². The van der Waals surface area contributed by atoms with Crippen molar-refractivity contribution in [3.63, 3.8) is 0 Å². The predicted molar refractivity (Wildman–Crippen MR) is 83.2 cm³/mol. The third-order valence-corrected chi connectivity index (χ3v) is 3.51. The maximum absolute atomic E-state index is 12.4. The average molecular weight is 321 g/mol. The summed E-state index contributed by atoms with van der Waals surface area (Å²) < 4.78 is 6.91. The summed E-state index contributed by atoms with van der Waals surface area (Å²) >= 11 is 0. The highest BCUT2D eigenvalue weighted by atomic mass is 16.5. The van der Waals surface area contributed by atoms with E-state index in [0.717, 1.165) is 9.13 Å². The lowest BCUT2D eigenvalue weighted by Gasteiger charge is -2.15. The third-order valence-electron chi connectivity index (χ3n) is 3.51. The van der Waals surface area contributed by atoms with Crippen molar-refractivity contribution in [2.75, 3.05) is 19.3 Å². The minimum atomic E-state index is -0.693. The van der Waals surface area contributed by atoms with Gasteiger partial charge in [-0.2, -0.15) is 0 Å². The van der Waals surface area contributed by atoms with Crippen LogP contribution in [0.25, 0.3) is 0 Å². The Hall–Kier alpha value is -2.68. The van der Waals surface area contributed by atoms with Gasteiger partial charge in [0.15, 0.2) is 5.78 Å². The van der Waals surface area contributed by atoms with Crippen LogP contribution in [0.5, 0.6) is 0 Å². The van der Waals surface area contributed by atoms with Gasteiger partial charge < -0.3 is 10.3 Å². The maximum Gasteiger partial charge on any atom is 0.332 e. The molecule has 0 aliphatic carbocycles. The normalized spacial score (nSPS) is 11.2. The fraction of sp³-hybridized carbons (Fsp3) is 0.429. The van der Waals surface area contributed by atoms with Crippen LogP contribution in [-0.2, 0) is 20.6 Å². The van der Waals surface area contributed by atoms with Gasteiger partial charge in [-0.1, -0.05) is 5.16 Å². The molecule has 0 aliphatic heterocycles. The Balaban J connectivity index is 2.24. The molecule has 0 aromatic carbocycles. The number of nitrogens with two attached hydrogens (primary N) is 1. The Morgan fingerprint density at radius 1 is 1.35 bits per heavy atom. The number of hydrogen-bond donors (Lipinski definition) is 1. The Kier molecular flexibility index (Phi) is 4.50. The Bertz CT molecular complexity index is 861. The number of nitrogen functional groups attached to an aromatic ring is 1. The van der Waals surface area contributed by atoms with Crippen molar-refractivity contribution in [3.8, 4) is 0 Å². The molecule has 2 N–H and O–H groups in total. The number of carbonyl (C=O) groups is 1. The standard InChI is InChI=1S/C14H19N5O4/c1-8-5-9(16-23-8)6-17(2)7-10(20)11-12(15)18(3)14(22)19(4)13(11)21/h5H,6-7,15H2,1-4H3. The first-order valence-electron chi connectivity index (χ1n) is 6.91. The van der Waals surface area contributed by atoms with Gasteiger partial charge in [-0.25, -0.2) is 4.79 Å². The molecule has 0 fully saturated rings. The number of Topliss-reactive ketones (excluding diaryl/α,β-unsaturated/α-hetero) is 1. The van der Waals surface area contributed by atoms with Crippen LogP contribution >= 0.6 is 0 Å². The van der Waals surface area contributed by atoms with E-state index in [4.69, 9.17) is 10.3 Å². The lowest BCUT2D eigenvalue weighted by molar-refractivity contribution is 0.0940. The molecule has 2 rings (SSSR count). The number of hydrogen-bond acceptors (Lipinski definition) is 7. The van der Waals surface area contributed by atoms with Crippen LogP contribution in [-0.4, -0.2) is 38.6 Å². The highest BCUT2D eigenvalue weighted by molar-refractivity contribution is 6.01. The highest BCUT2D eigenvalue weighted by Gasteiger charge is 2.21. The number of aryl methyl sites for hydroxylation is 1. The molecule has 124 valence electrons. The van der Waals surface area contributed by atoms with Gasteiger partial charge in [0.05, 0.1) is 12.2 Å². The molecule has 2 aromatic rings. The lowest BCUT2D eigenvalue weighted by atomic mass is 10.2. The van der Waals surface area contributed by atoms with Crippen LogP contribution in [0, 0.1) is 6.92 Å². The first-order chi connectivity index (χ1) is 10.7. The van der Waals surface area contributed by atoms with Crippen LogP contribution in [0.3, 0.4) is 0 Å². The van der Waals surface area contributed by atoms with Gasteiger partial charge in [0, 0.05) is 26.7 Å². The fourth-order valence-corrected chi connectivity index (χ4v) is 2.27. The van der Waals surface area contributed by atoms with Crippen molar-refractivity contribution in [3.05, 3.63) is 43.9 Å². The minimum absolute atomic E-state index is 0.0381. The van der Waals surface area contributed by atoms with E-state index in [1.165, 1.54) is 14.1 Å². The van der Waals surface area contributed by atoms with Crippen molar-refractivity contribution < 1.29 is 9.32 Å². The summed E-state index contributed by atoms with van der Waals surface area (Å²) in [6, 6.07) is 1.76. The van der Waals surface area contributed by atoms with Crippen molar-refractivity contribution in [1.29, 1.82) is 0 Å². The van der Waals surface area contributed by atoms with Crippen molar-refractivity contribution in [2.24, 2.45) is 14.1 Å². The quantitative estimate of drug-likeness (QED) is 0.722. The second-order valence-corrected chi connectivity index (χ2v) is 5.49. The van der Waals surface area contributed by atoms with Gasteiger partial charge in [0.1, 0.15) is 17.1 Å². The van der Waals surface area contributed by atoms with E-state index in [2.05, 4.69) is 5.16 Å². The summed E-state index contributed by atoms with van der Waals surface area (Å²) in [5, 5.41) is 3.85. The largest absolute Gasteiger partial charge is 0.384 e. The van der Waals surface area contributed by atoms with E-state index in [-0.39, 0.29) is 17.9 Å². The molecule has 0 aliphatic rings. The van der Waals surface area contributed by atoms with E-state index >= 15 is 0 Å². The zero-order valence-electron chi connectivity index (χ0n) is 13.5. The van der Waals surface area contributed by atoms with E-state index in [9.17, 15) is 14.4 Å². The second kappa shape index (κ2) is 6.21. The molecule has 0 amide bonds. The van der Waals surface area contributed by atoms with E-state index in [1.54, 1.807) is 24.9 Å². The van der Waals surface area contributed by atoms with Crippen molar-refractivity contribution in [2.45, 2.75) is 13.5 Å². The molecule has 9 heteroatoms. The molecular weight excluding hydrogens is 302 g/mol. The summed E-state index contributed by atoms with van der Waals surface area (Å²) in [6.45, 7) is 2.12. The van der Waals surface area contributed by atoms with Gasteiger partial charge in [0.25, 0.3) is 5.56 Å². The van der Waals surface area contributed by atoms with Crippen LogP contribution < -0.4 is 17.0 Å². The first-order valence-corrected chi connectivity index (χ1v) is 6.91. The number of carbonyl (C=O) groups excluding carboxylic acids is 1. The summed E-state index contributed by atoms with van der Waals surface area (Å²) in [5.74, 6) is 0.0890. The van der Waals surface area contributed by atoms with E-state index in [1.807, 2.05) is 0 Å². The Morgan fingerprint density at radius 3 is 2.57 bits per heavy atom. The molecule has 2 heterocycles. The average Bonchev–Trinajstić information content (AvgIpc) is 2.88. The molecule has 0 saturated carbocycles. The van der Waals surface area contributed by atoms with Gasteiger partial charge in [-0.05, 0) is 14.0 Å². The maximum atomic E-state index is 12.4. The highest BCUT2D eigenvalue weighted by Crippen LogP contribution is 2.08. The molecule has 0 bridgehead atoms. The molecule has 9 nitrogen and oxygen atoms in total. The molecular formula is C14H19N5O4. The molecule has 2 aromatic heterocycles. The fourth-order valence-electron chi connectivity index (χ4n) is 2.27. The number of aromatic nitrogens is 3. The van der Waals surface area contributed by atoms with Crippen LogP contribution in [0.1, 0.15) is 21.8 Å². The second-order valence-electron chi connectivity index (χ2n) is 5.49. The van der Waals surface area contributed by atoms with Gasteiger partial charge in [-0.15, -0.1) is 0 Å². The van der Waals surface area contributed by atoms with Crippen LogP contribution in [0.4, 0.5) is 5.82 Å². The number of nitrogens with zero attached hydrogens (tertiary/aromatic N) is 4. The minimum Gasteiger partial charge on any atom is -0.384 e. The Morgan fingerprint density at radius 2 is 2.00 bits per heavy atom. The zero-order valence-corrected chi connectivity index (χ0v) is 13.5. The lowest BCUT2D eigenvalue weighted by Crippen LogP contribution is -2.43. The van der Waals surface area contributed by atoms with Gasteiger partial charge in [-0.3, -0.25) is 23.6 Å². The summed E-state index contributed by atoms with van der Waals surface area (Å²) in [5.41, 5.74) is 5.00. The van der Waals surface area contributed by atoms with Crippen LogP contribution in [0.15, 0.2) is 20.2 Å². The van der Waals surface area contributed by atoms with Crippen molar-refractivity contribution in [1.82, 2.24) is 19.2 Å². The van der Waals surface area contributed by atoms with Gasteiger partial charge in [0.2, 0.25) is 0 Å². The predicted octanol–water partition coefficient (Wildman–Crippen LogP) is -0.723. The van der Waals surface area contributed by atoms with Crippen molar-refractivity contribution >= 4 is 11.6 Å². The summed E-state index contributed by atoms with van der Waals surface area (Å²) in [6.07, 6.45) is 0. The first kappa shape index (κ1) is 16.7. The number of anilines is 1. The smallest absolute Gasteiger partial charge is 0.332 e. The summed E-state index contributed by atoms with van der Waals surface area (Å²) in [4.78, 5) is 38.0. The monoisotopic (exact) mass is 321 g/mol. The number of likely N-dealkylation sites (N-methyl/N-ethyl adjacent to an activating group) is 1. The Labute approximate surface area is 131 Å². The topological polar surface area (TPSA) is 116 Å². The van der Waals surface area contributed by atoms with E-state index in [0.29, 0.717) is 18.0 Å². The molecule has 0 spiro atoms. The SMILES string of the molecule is Cc1cc(CN(C)CC(=O)c2c(N)n(C)c(=O)n(C)c2=O)no1.